The lowest BCUT2D eigenvalue weighted by atomic mass is 9.96. The molecule has 0 aromatic rings. The fourth-order valence-electron chi connectivity index (χ4n) is 2.62. The molecule has 0 spiro atoms. The van der Waals surface area contributed by atoms with Gasteiger partial charge >= 0.3 is 5.97 Å². The molecule has 4 unspecified atom stereocenters. The Hall–Kier alpha value is -1.63. The van der Waals surface area contributed by atoms with E-state index in [1.54, 1.807) is 13.8 Å². The first kappa shape index (κ1) is 19.4. The summed E-state index contributed by atoms with van der Waals surface area (Å²) in [5.74, 6) is -2.02. The molecular weight excluding hydrogens is 298 g/mol. The normalized spacial score (nSPS) is 21.5. The maximum atomic E-state index is 12.5. The van der Waals surface area contributed by atoms with Crippen LogP contribution in [0.1, 0.15) is 47.0 Å². The zero-order valence-corrected chi connectivity index (χ0v) is 14.4. The van der Waals surface area contributed by atoms with Gasteiger partial charge < -0.3 is 21.1 Å². The Kier molecular flexibility index (Phi) is 7.48. The molecule has 132 valence electrons. The number of carboxylic acids is 1. The van der Waals surface area contributed by atoms with E-state index in [2.05, 4.69) is 16.0 Å². The topological polar surface area (TPSA) is 108 Å². The predicted octanol–water partition coefficient (Wildman–Crippen LogP) is 0.495. The second-order valence-corrected chi connectivity index (χ2v) is 6.59. The van der Waals surface area contributed by atoms with E-state index in [1.807, 2.05) is 13.8 Å². The molecule has 1 rings (SSSR count). The molecular formula is C16H29N3O4. The third-order valence-electron chi connectivity index (χ3n) is 4.40. The van der Waals surface area contributed by atoms with Crippen LogP contribution in [0.3, 0.4) is 0 Å². The van der Waals surface area contributed by atoms with Crippen LogP contribution in [0.4, 0.5) is 0 Å². The molecule has 0 radical (unpaired) electrons. The largest absolute Gasteiger partial charge is 0.480 e. The zero-order chi connectivity index (χ0) is 17.6. The molecule has 0 aromatic carbocycles. The van der Waals surface area contributed by atoms with E-state index in [1.165, 1.54) is 0 Å². The van der Waals surface area contributed by atoms with Crippen molar-refractivity contribution in [3.8, 4) is 0 Å². The van der Waals surface area contributed by atoms with Crippen molar-refractivity contribution in [2.75, 3.05) is 6.54 Å². The number of carbonyl (C=O) groups is 3. The summed E-state index contributed by atoms with van der Waals surface area (Å²) in [7, 11) is 0. The number of hydrogen-bond acceptors (Lipinski definition) is 4. The average Bonchev–Trinajstić information content (AvgIpc) is 3.02. The van der Waals surface area contributed by atoms with Crippen molar-refractivity contribution in [2.24, 2.45) is 11.8 Å². The van der Waals surface area contributed by atoms with Gasteiger partial charge in [0.2, 0.25) is 11.8 Å². The number of carbonyl (C=O) groups excluding carboxylic acids is 2. The SMILES string of the molecule is CCC(C)C(NC(=O)C1CCCN1)C(=O)NC(C(=O)O)C(C)C. The molecule has 1 saturated heterocycles. The number of aliphatic carboxylic acids is 1. The summed E-state index contributed by atoms with van der Waals surface area (Å²) in [5, 5.41) is 17.6. The quantitative estimate of drug-likeness (QED) is 0.519. The maximum absolute atomic E-state index is 12.5. The van der Waals surface area contributed by atoms with Crippen LogP contribution >= 0.6 is 0 Å². The first-order valence-electron chi connectivity index (χ1n) is 8.34. The lowest BCUT2D eigenvalue weighted by molar-refractivity contribution is -0.143. The minimum atomic E-state index is -1.07. The minimum absolute atomic E-state index is 0.0815. The molecule has 0 aromatic heterocycles. The smallest absolute Gasteiger partial charge is 0.326 e. The van der Waals surface area contributed by atoms with Crippen molar-refractivity contribution in [1.29, 1.82) is 0 Å². The van der Waals surface area contributed by atoms with Crippen LogP contribution in [0.25, 0.3) is 0 Å². The van der Waals surface area contributed by atoms with Crippen LogP contribution in [-0.4, -0.2) is 47.6 Å². The summed E-state index contributed by atoms with van der Waals surface area (Å²) in [6.07, 6.45) is 2.40. The van der Waals surface area contributed by atoms with Crippen LogP contribution < -0.4 is 16.0 Å². The van der Waals surface area contributed by atoms with Gasteiger partial charge in [-0.1, -0.05) is 34.1 Å². The van der Waals surface area contributed by atoms with Gasteiger partial charge in [0.05, 0.1) is 6.04 Å². The molecule has 0 saturated carbocycles. The molecule has 0 aliphatic carbocycles. The Balaban J connectivity index is 2.77. The second-order valence-electron chi connectivity index (χ2n) is 6.59. The van der Waals surface area contributed by atoms with Gasteiger partial charge in [-0.25, -0.2) is 4.79 Å². The molecule has 7 nitrogen and oxygen atoms in total. The summed E-state index contributed by atoms with van der Waals surface area (Å²) in [6.45, 7) is 8.07. The van der Waals surface area contributed by atoms with Gasteiger partial charge in [0.15, 0.2) is 0 Å². The molecule has 23 heavy (non-hydrogen) atoms. The van der Waals surface area contributed by atoms with Gasteiger partial charge in [0, 0.05) is 0 Å². The highest BCUT2D eigenvalue weighted by Crippen LogP contribution is 2.12. The summed E-state index contributed by atoms with van der Waals surface area (Å²) < 4.78 is 0. The number of nitrogens with one attached hydrogen (secondary N) is 3. The Morgan fingerprint density at radius 1 is 1.17 bits per heavy atom. The first-order chi connectivity index (χ1) is 10.8. The zero-order valence-electron chi connectivity index (χ0n) is 14.4. The number of amides is 2. The highest BCUT2D eigenvalue weighted by molar-refractivity contribution is 5.92. The standard InChI is InChI=1S/C16H29N3O4/c1-5-10(4)13(19-14(20)11-7-6-8-17-11)15(21)18-12(9(2)3)16(22)23/h9-13,17H,5-8H2,1-4H3,(H,18,21)(H,19,20)(H,22,23). The van der Waals surface area contributed by atoms with Crippen molar-refractivity contribution >= 4 is 17.8 Å². The minimum Gasteiger partial charge on any atom is -0.480 e. The third kappa shape index (κ3) is 5.49. The van der Waals surface area contributed by atoms with Gasteiger partial charge in [-0.2, -0.15) is 0 Å². The lowest BCUT2D eigenvalue weighted by Crippen LogP contribution is -2.57. The molecule has 4 N–H and O–H groups in total. The maximum Gasteiger partial charge on any atom is 0.326 e. The monoisotopic (exact) mass is 327 g/mol. The fraction of sp³-hybridized carbons (Fsp3) is 0.812. The molecule has 4 atom stereocenters. The van der Waals surface area contributed by atoms with E-state index in [0.717, 1.165) is 19.4 Å². The van der Waals surface area contributed by atoms with Crippen LogP contribution in [0.5, 0.6) is 0 Å². The third-order valence-corrected chi connectivity index (χ3v) is 4.40. The molecule has 0 bridgehead atoms. The molecule has 1 aliphatic heterocycles. The van der Waals surface area contributed by atoms with Gasteiger partial charge in [-0.15, -0.1) is 0 Å². The van der Waals surface area contributed by atoms with Crippen molar-refractivity contribution in [2.45, 2.75) is 65.1 Å². The van der Waals surface area contributed by atoms with E-state index < -0.39 is 24.0 Å². The first-order valence-corrected chi connectivity index (χ1v) is 8.34. The number of carboxylic acid groups (broad SMARTS) is 1. The summed E-state index contributed by atoms with van der Waals surface area (Å²) in [6, 6.07) is -1.96. The number of rotatable bonds is 8. The van der Waals surface area contributed by atoms with E-state index in [-0.39, 0.29) is 23.8 Å². The average molecular weight is 327 g/mol. The molecule has 2 amide bonds. The fourth-order valence-corrected chi connectivity index (χ4v) is 2.62. The Labute approximate surface area is 137 Å². The van der Waals surface area contributed by atoms with Crippen LogP contribution in [0, 0.1) is 11.8 Å². The van der Waals surface area contributed by atoms with E-state index in [9.17, 15) is 19.5 Å². The van der Waals surface area contributed by atoms with Crippen LogP contribution in [-0.2, 0) is 14.4 Å². The van der Waals surface area contributed by atoms with Gasteiger partial charge in [0.25, 0.3) is 0 Å². The molecule has 1 aliphatic rings. The Bertz CT molecular complexity index is 433. The second kappa shape index (κ2) is 8.86. The summed E-state index contributed by atoms with van der Waals surface area (Å²) in [5.41, 5.74) is 0. The van der Waals surface area contributed by atoms with Crippen molar-refractivity contribution in [3.63, 3.8) is 0 Å². The molecule has 7 heteroatoms. The van der Waals surface area contributed by atoms with E-state index in [4.69, 9.17) is 0 Å². The van der Waals surface area contributed by atoms with Crippen LogP contribution in [0.15, 0.2) is 0 Å². The summed E-state index contributed by atoms with van der Waals surface area (Å²) in [4.78, 5) is 36.0. The summed E-state index contributed by atoms with van der Waals surface area (Å²) >= 11 is 0. The van der Waals surface area contributed by atoms with Crippen molar-refractivity contribution in [1.82, 2.24) is 16.0 Å². The van der Waals surface area contributed by atoms with Gasteiger partial charge in [-0.05, 0) is 31.2 Å². The van der Waals surface area contributed by atoms with Gasteiger partial charge in [0.1, 0.15) is 12.1 Å². The highest BCUT2D eigenvalue weighted by Gasteiger charge is 2.33. The molecule has 1 heterocycles. The van der Waals surface area contributed by atoms with Crippen molar-refractivity contribution in [3.05, 3.63) is 0 Å². The molecule has 1 fully saturated rings. The van der Waals surface area contributed by atoms with Crippen molar-refractivity contribution < 1.29 is 19.5 Å². The number of hydrogen-bond donors (Lipinski definition) is 4. The van der Waals surface area contributed by atoms with E-state index >= 15 is 0 Å². The van der Waals surface area contributed by atoms with Gasteiger partial charge in [-0.3, -0.25) is 9.59 Å². The highest BCUT2D eigenvalue weighted by atomic mass is 16.4. The predicted molar refractivity (Wildman–Crippen MR) is 86.8 cm³/mol. The Morgan fingerprint density at radius 3 is 2.26 bits per heavy atom. The van der Waals surface area contributed by atoms with Crippen LogP contribution in [0.2, 0.25) is 0 Å². The lowest BCUT2D eigenvalue weighted by Gasteiger charge is -2.27. The Morgan fingerprint density at radius 2 is 1.83 bits per heavy atom. The van der Waals surface area contributed by atoms with E-state index in [0.29, 0.717) is 6.42 Å².